The quantitative estimate of drug-likeness (QED) is 0.759. The van der Waals surface area contributed by atoms with E-state index >= 15 is 0 Å². The smallest absolute Gasteiger partial charge is 0.254 e. The van der Waals surface area contributed by atoms with Crippen LogP contribution in [0.15, 0.2) is 48.8 Å². The van der Waals surface area contributed by atoms with Gasteiger partial charge in [0, 0.05) is 31.7 Å². The first kappa shape index (κ1) is 17.7. The van der Waals surface area contributed by atoms with Crippen molar-refractivity contribution in [3.8, 4) is 6.07 Å². The van der Waals surface area contributed by atoms with E-state index in [-0.39, 0.29) is 11.8 Å². The van der Waals surface area contributed by atoms with Gasteiger partial charge in [0.1, 0.15) is 0 Å². The molecule has 1 aliphatic heterocycles. The molecule has 0 spiro atoms. The third-order valence-electron chi connectivity index (χ3n) is 5.00. The highest BCUT2D eigenvalue weighted by Crippen LogP contribution is 2.15. The van der Waals surface area contributed by atoms with Crippen LogP contribution < -0.4 is 0 Å². The first-order valence-electron chi connectivity index (χ1n) is 9.13. The second kappa shape index (κ2) is 7.53. The van der Waals surface area contributed by atoms with E-state index in [4.69, 9.17) is 5.26 Å². The van der Waals surface area contributed by atoms with E-state index in [1.807, 2.05) is 24.3 Å². The minimum absolute atomic E-state index is 0.0532. The Morgan fingerprint density at radius 1 is 1.07 bits per heavy atom. The van der Waals surface area contributed by atoms with Gasteiger partial charge in [-0.1, -0.05) is 12.1 Å². The van der Waals surface area contributed by atoms with Crippen molar-refractivity contribution in [3.05, 3.63) is 65.5 Å². The summed E-state index contributed by atoms with van der Waals surface area (Å²) in [5.74, 6) is -0.0497. The van der Waals surface area contributed by atoms with Crippen molar-refractivity contribution in [2.45, 2.75) is 6.42 Å². The van der Waals surface area contributed by atoms with Crippen molar-refractivity contribution in [1.82, 2.24) is 19.8 Å². The van der Waals surface area contributed by atoms with Crippen molar-refractivity contribution < 1.29 is 9.59 Å². The lowest BCUT2D eigenvalue weighted by atomic mass is 10.1. The highest BCUT2D eigenvalue weighted by Gasteiger charge is 2.25. The van der Waals surface area contributed by atoms with E-state index in [0.29, 0.717) is 43.7 Å². The molecular formula is C21H19N5O2. The molecule has 0 atom stereocenters. The number of fused-ring (bicyclic) bond motifs is 1. The van der Waals surface area contributed by atoms with Gasteiger partial charge < -0.3 is 14.8 Å². The number of nitrogens with one attached hydrogen (secondary N) is 1. The number of piperazine rings is 1. The predicted molar refractivity (Wildman–Crippen MR) is 103 cm³/mol. The molecule has 0 unspecified atom stereocenters. The Morgan fingerprint density at radius 2 is 1.86 bits per heavy atom. The number of imidazole rings is 1. The SMILES string of the molecule is N#Cc1cccc(C(=O)N2CCN(C(=O)Cc3ccc4nc[nH]c4c3)CC2)c1. The van der Waals surface area contributed by atoms with Crippen molar-refractivity contribution in [3.63, 3.8) is 0 Å². The third kappa shape index (κ3) is 3.58. The number of benzene rings is 2. The van der Waals surface area contributed by atoms with Crippen LogP contribution in [0, 0.1) is 11.3 Å². The van der Waals surface area contributed by atoms with Crippen LogP contribution in [-0.2, 0) is 11.2 Å². The summed E-state index contributed by atoms with van der Waals surface area (Å²) in [5.41, 5.74) is 3.71. The van der Waals surface area contributed by atoms with E-state index < -0.39 is 0 Å². The molecule has 1 aliphatic rings. The zero-order valence-corrected chi connectivity index (χ0v) is 15.3. The zero-order chi connectivity index (χ0) is 19.5. The number of H-pyrrole nitrogens is 1. The summed E-state index contributed by atoms with van der Waals surface area (Å²) in [6.45, 7) is 1.99. The van der Waals surface area contributed by atoms with E-state index in [9.17, 15) is 9.59 Å². The fourth-order valence-corrected chi connectivity index (χ4v) is 3.44. The summed E-state index contributed by atoms with van der Waals surface area (Å²) >= 11 is 0. The molecule has 2 amide bonds. The number of carbonyl (C=O) groups excluding carboxylic acids is 2. The molecule has 3 aromatic rings. The van der Waals surface area contributed by atoms with Gasteiger partial charge in [-0.15, -0.1) is 0 Å². The molecule has 4 rings (SSSR count). The largest absolute Gasteiger partial charge is 0.345 e. The monoisotopic (exact) mass is 373 g/mol. The Hall–Kier alpha value is -3.66. The Kier molecular flexibility index (Phi) is 4.77. The zero-order valence-electron chi connectivity index (χ0n) is 15.3. The van der Waals surface area contributed by atoms with Crippen molar-refractivity contribution >= 4 is 22.8 Å². The molecule has 1 saturated heterocycles. The number of rotatable bonds is 3. The first-order valence-corrected chi connectivity index (χ1v) is 9.13. The van der Waals surface area contributed by atoms with Crippen LogP contribution in [0.5, 0.6) is 0 Å². The van der Waals surface area contributed by atoms with Gasteiger partial charge in [0.2, 0.25) is 5.91 Å². The minimum Gasteiger partial charge on any atom is -0.345 e. The second-order valence-corrected chi connectivity index (χ2v) is 6.80. The fourth-order valence-electron chi connectivity index (χ4n) is 3.44. The molecule has 28 heavy (non-hydrogen) atoms. The highest BCUT2D eigenvalue weighted by atomic mass is 16.2. The van der Waals surface area contributed by atoms with Gasteiger partial charge in [-0.25, -0.2) is 4.98 Å². The van der Waals surface area contributed by atoms with Crippen LogP contribution in [0.2, 0.25) is 0 Å². The lowest BCUT2D eigenvalue weighted by Gasteiger charge is -2.35. The van der Waals surface area contributed by atoms with Gasteiger partial charge in [0.05, 0.1) is 35.4 Å². The van der Waals surface area contributed by atoms with Gasteiger partial charge >= 0.3 is 0 Å². The van der Waals surface area contributed by atoms with Gasteiger partial charge in [0.15, 0.2) is 0 Å². The highest BCUT2D eigenvalue weighted by molar-refractivity contribution is 5.94. The summed E-state index contributed by atoms with van der Waals surface area (Å²) in [4.78, 5) is 36.0. The molecule has 1 aromatic heterocycles. The van der Waals surface area contributed by atoms with Gasteiger partial charge in [-0.05, 0) is 35.9 Å². The van der Waals surface area contributed by atoms with E-state index in [1.54, 1.807) is 40.4 Å². The maximum absolute atomic E-state index is 12.6. The Balaban J connectivity index is 1.36. The van der Waals surface area contributed by atoms with Crippen LogP contribution in [0.4, 0.5) is 0 Å². The maximum atomic E-state index is 12.6. The normalized spacial score (nSPS) is 14.1. The summed E-state index contributed by atoms with van der Waals surface area (Å²) in [6.07, 6.45) is 1.96. The standard InChI is InChI=1S/C21H19N5O2/c22-13-16-2-1-3-17(10-16)21(28)26-8-6-25(7-9-26)20(27)12-15-4-5-18-19(11-15)24-14-23-18/h1-5,10-11,14H,6-9,12H2,(H,23,24). The number of hydrogen-bond donors (Lipinski definition) is 1. The van der Waals surface area contributed by atoms with E-state index in [2.05, 4.69) is 9.97 Å². The topological polar surface area (TPSA) is 93.1 Å². The molecule has 7 nitrogen and oxygen atoms in total. The number of aromatic nitrogens is 2. The Bertz CT molecular complexity index is 1070. The lowest BCUT2D eigenvalue weighted by molar-refractivity contribution is -0.131. The summed E-state index contributed by atoms with van der Waals surface area (Å²) < 4.78 is 0. The molecule has 7 heteroatoms. The lowest BCUT2D eigenvalue weighted by Crippen LogP contribution is -2.51. The molecule has 0 aliphatic carbocycles. The summed E-state index contributed by atoms with van der Waals surface area (Å²) in [5, 5.41) is 8.99. The average molecular weight is 373 g/mol. The van der Waals surface area contributed by atoms with Crippen molar-refractivity contribution in [1.29, 1.82) is 5.26 Å². The van der Waals surface area contributed by atoms with Gasteiger partial charge in [0.25, 0.3) is 5.91 Å². The number of aromatic amines is 1. The third-order valence-corrected chi connectivity index (χ3v) is 5.00. The molecule has 2 heterocycles. The summed E-state index contributed by atoms with van der Waals surface area (Å²) in [7, 11) is 0. The average Bonchev–Trinajstić information content (AvgIpc) is 3.21. The van der Waals surface area contributed by atoms with Crippen LogP contribution >= 0.6 is 0 Å². The minimum atomic E-state index is -0.103. The number of carbonyl (C=O) groups is 2. The van der Waals surface area contributed by atoms with Gasteiger partial charge in [-0.3, -0.25) is 9.59 Å². The van der Waals surface area contributed by atoms with Crippen LogP contribution in [0.1, 0.15) is 21.5 Å². The first-order chi connectivity index (χ1) is 13.6. The molecule has 0 saturated carbocycles. The molecule has 1 fully saturated rings. The Labute approximate surface area is 162 Å². The van der Waals surface area contributed by atoms with Crippen molar-refractivity contribution in [2.24, 2.45) is 0 Å². The molecule has 1 N–H and O–H groups in total. The summed E-state index contributed by atoms with van der Waals surface area (Å²) in [6, 6.07) is 14.5. The van der Waals surface area contributed by atoms with E-state index in [0.717, 1.165) is 16.6 Å². The fraction of sp³-hybridized carbons (Fsp3) is 0.238. The number of nitriles is 1. The second-order valence-electron chi connectivity index (χ2n) is 6.80. The maximum Gasteiger partial charge on any atom is 0.254 e. The molecule has 0 bridgehead atoms. The number of amides is 2. The predicted octanol–water partition coefficient (Wildman–Crippen LogP) is 1.96. The van der Waals surface area contributed by atoms with Gasteiger partial charge in [-0.2, -0.15) is 5.26 Å². The molecule has 140 valence electrons. The molecule has 0 radical (unpaired) electrons. The number of nitrogens with zero attached hydrogens (tertiary/aromatic N) is 4. The number of hydrogen-bond acceptors (Lipinski definition) is 4. The van der Waals surface area contributed by atoms with Crippen LogP contribution in [-0.4, -0.2) is 57.8 Å². The van der Waals surface area contributed by atoms with Crippen LogP contribution in [0.25, 0.3) is 11.0 Å². The molecular weight excluding hydrogens is 354 g/mol. The van der Waals surface area contributed by atoms with Crippen molar-refractivity contribution in [2.75, 3.05) is 26.2 Å². The molecule has 2 aromatic carbocycles. The van der Waals surface area contributed by atoms with E-state index in [1.165, 1.54) is 0 Å². The Morgan fingerprint density at radius 3 is 2.64 bits per heavy atom. The van der Waals surface area contributed by atoms with Crippen LogP contribution in [0.3, 0.4) is 0 Å².